The highest BCUT2D eigenvalue weighted by Gasteiger charge is 2.15. The van der Waals surface area contributed by atoms with Gasteiger partial charge in [-0.1, -0.05) is 41.0 Å². The van der Waals surface area contributed by atoms with Gasteiger partial charge in [-0.05, 0) is 43.8 Å². The minimum Gasteiger partial charge on any atom is -0.330 e. The van der Waals surface area contributed by atoms with Crippen LogP contribution in [0.15, 0.2) is 0 Å². The molecule has 0 rings (SSSR count). The van der Waals surface area contributed by atoms with Gasteiger partial charge in [-0.3, -0.25) is 0 Å². The van der Waals surface area contributed by atoms with E-state index in [4.69, 9.17) is 5.73 Å². The fourth-order valence-corrected chi connectivity index (χ4v) is 1.83. The molecule has 2 N–H and O–H groups in total. The van der Waals surface area contributed by atoms with E-state index in [9.17, 15) is 0 Å². The molecule has 2 heteroatoms. The Hall–Kier alpha value is -0.0800. The van der Waals surface area contributed by atoms with Crippen LogP contribution < -0.4 is 5.73 Å². The molecule has 2 nitrogen and oxygen atoms in total. The van der Waals surface area contributed by atoms with Crippen molar-refractivity contribution in [1.82, 2.24) is 4.90 Å². The van der Waals surface area contributed by atoms with Crippen LogP contribution in [-0.2, 0) is 0 Å². The molecule has 0 aromatic rings. The molecule has 0 saturated heterocycles. The van der Waals surface area contributed by atoms with Crippen LogP contribution in [0, 0.1) is 11.3 Å². The van der Waals surface area contributed by atoms with Crippen molar-refractivity contribution in [2.24, 2.45) is 17.1 Å². The third kappa shape index (κ3) is 7.24. The van der Waals surface area contributed by atoms with Crippen molar-refractivity contribution >= 4 is 0 Å². The fourth-order valence-electron chi connectivity index (χ4n) is 1.83. The molecule has 0 spiro atoms. The minimum atomic E-state index is 0.315. The summed E-state index contributed by atoms with van der Waals surface area (Å²) in [4.78, 5) is 2.57. The van der Waals surface area contributed by atoms with Gasteiger partial charge >= 0.3 is 0 Å². The Morgan fingerprint density at radius 1 is 1.25 bits per heavy atom. The van der Waals surface area contributed by atoms with E-state index in [1.54, 1.807) is 0 Å². The Bertz CT molecular complexity index is 166. The summed E-state index contributed by atoms with van der Waals surface area (Å²) in [6.45, 7) is 15.8. The maximum absolute atomic E-state index is 5.74. The van der Waals surface area contributed by atoms with Gasteiger partial charge in [0.2, 0.25) is 0 Å². The lowest BCUT2D eigenvalue weighted by Crippen LogP contribution is -2.31. The molecule has 0 heterocycles. The highest BCUT2D eigenvalue weighted by molar-refractivity contribution is 4.70. The van der Waals surface area contributed by atoms with E-state index in [0.717, 1.165) is 12.5 Å². The molecule has 0 aliphatic heterocycles. The lowest BCUT2D eigenvalue weighted by Gasteiger charge is -2.27. The van der Waals surface area contributed by atoms with Crippen LogP contribution in [0.4, 0.5) is 0 Å². The molecule has 0 aromatic carbocycles. The average Bonchev–Trinajstić information content (AvgIpc) is 2.27. The Kier molecular flexibility index (Phi) is 8.04. The second-order valence-corrected chi connectivity index (χ2v) is 5.88. The highest BCUT2D eigenvalue weighted by atomic mass is 15.1. The zero-order chi connectivity index (χ0) is 12.6. The van der Waals surface area contributed by atoms with Crippen LogP contribution >= 0.6 is 0 Å². The molecule has 98 valence electrons. The summed E-state index contributed by atoms with van der Waals surface area (Å²) >= 11 is 0. The zero-order valence-corrected chi connectivity index (χ0v) is 12.1. The normalized spacial score (nSPS) is 14.4. The van der Waals surface area contributed by atoms with Gasteiger partial charge < -0.3 is 10.6 Å². The van der Waals surface area contributed by atoms with Crippen molar-refractivity contribution in [3.8, 4) is 0 Å². The SMILES string of the molecule is CCC(C)CN(CC)CCCC(C)(C)CN. The summed E-state index contributed by atoms with van der Waals surface area (Å²) in [5, 5.41) is 0. The van der Waals surface area contributed by atoms with Crippen molar-refractivity contribution in [3.63, 3.8) is 0 Å². The summed E-state index contributed by atoms with van der Waals surface area (Å²) in [6, 6.07) is 0. The molecular weight excluding hydrogens is 196 g/mol. The number of hydrogen-bond donors (Lipinski definition) is 1. The Balaban J connectivity index is 3.79. The highest BCUT2D eigenvalue weighted by Crippen LogP contribution is 2.20. The van der Waals surface area contributed by atoms with E-state index in [1.165, 1.54) is 38.9 Å². The number of rotatable bonds is 9. The summed E-state index contributed by atoms with van der Waals surface area (Å²) in [5.41, 5.74) is 6.06. The molecule has 0 aromatic heterocycles. The van der Waals surface area contributed by atoms with Crippen LogP contribution in [0.5, 0.6) is 0 Å². The molecule has 0 aliphatic carbocycles. The van der Waals surface area contributed by atoms with Gasteiger partial charge in [0.1, 0.15) is 0 Å². The van der Waals surface area contributed by atoms with Crippen molar-refractivity contribution < 1.29 is 0 Å². The van der Waals surface area contributed by atoms with Crippen molar-refractivity contribution in [3.05, 3.63) is 0 Å². The first kappa shape index (κ1) is 15.9. The average molecular weight is 228 g/mol. The molecule has 1 unspecified atom stereocenters. The van der Waals surface area contributed by atoms with Gasteiger partial charge in [-0.25, -0.2) is 0 Å². The molecule has 0 amide bonds. The molecule has 0 aliphatic rings. The monoisotopic (exact) mass is 228 g/mol. The van der Waals surface area contributed by atoms with Crippen molar-refractivity contribution in [2.45, 2.75) is 53.9 Å². The van der Waals surface area contributed by atoms with Gasteiger partial charge in [-0.2, -0.15) is 0 Å². The first-order valence-corrected chi connectivity index (χ1v) is 6.87. The van der Waals surface area contributed by atoms with Crippen molar-refractivity contribution in [1.29, 1.82) is 0 Å². The van der Waals surface area contributed by atoms with E-state index in [2.05, 4.69) is 39.5 Å². The molecule has 16 heavy (non-hydrogen) atoms. The quantitative estimate of drug-likeness (QED) is 0.657. The lowest BCUT2D eigenvalue weighted by molar-refractivity contribution is 0.224. The second-order valence-electron chi connectivity index (χ2n) is 5.88. The Labute approximate surface area is 103 Å². The number of nitrogens with two attached hydrogens (primary N) is 1. The predicted octanol–water partition coefficient (Wildman–Crippen LogP) is 3.12. The summed E-state index contributed by atoms with van der Waals surface area (Å²) in [5.74, 6) is 0.822. The molecule has 0 radical (unpaired) electrons. The Morgan fingerprint density at radius 3 is 2.31 bits per heavy atom. The number of hydrogen-bond acceptors (Lipinski definition) is 2. The third-order valence-electron chi connectivity index (χ3n) is 3.59. The predicted molar refractivity (Wildman–Crippen MR) is 73.6 cm³/mol. The molecular formula is C14H32N2. The lowest BCUT2D eigenvalue weighted by atomic mass is 9.88. The van der Waals surface area contributed by atoms with Crippen LogP contribution in [0.3, 0.4) is 0 Å². The van der Waals surface area contributed by atoms with E-state index in [-0.39, 0.29) is 0 Å². The van der Waals surface area contributed by atoms with E-state index in [1.807, 2.05) is 0 Å². The van der Waals surface area contributed by atoms with E-state index >= 15 is 0 Å². The van der Waals surface area contributed by atoms with Gasteiger partial charge in [0.15, 0.2) is 0 Å². The summed E-state index contributed by atoms with van der Waals surface area (Å²) in [6.07, 6.45) is 3.79. The topological polar surface area (TPSA) is 29.3 Å². The van der Waals surface area contributed by atoms with Crippen LogP contribution in [0.2, 0.25) is 0 Å². The first-order valence-electron chi connectivity index (χ1n) is 6.87. The van der Waals surface area contributed by atoms with E-state index < -0.39 is 0 Å². The van der Waals surface area contributed by atoms with Crippen LogP contribution in [0.25, 0.3) is 0 Å². The third-order valence-corrected chi connectivity index (χ3v) is 3.59. The van der Waals surface area contributed by atoms with Gasteiger partial charge in [0, 0.05) is 6.54 Å². The smallest absolute Gasteiger partial charge is 0.000680 e. The molecule has 0 fully saturated rings. The van der Waals surface area contributed by atoms with Crippen LogP contribution in [-0.4, -0.2) is 31.1 Å². The molecule has 1 atom stereocenters. The summed E-state index contributed by atoms with van der Waals surface area (Å²) in [7, 11) is 0. The van der Waals surface area contributed by atoms with Gasteiger partial charge in [0.25, 0.3) is 0 Å². The minimum absolute atomic E-state index is 0.315. The Morgan fingerprint density at radius 2 is 1.88 bits per heavy atom. The van der Waals surface area contributed by atoms with E-state index in [0.29, 0.717) is 5.41 Å². The maximum Gasteiger partial charge on any atom is 0.000680 e. The van der Waals surface area contributed by atoms with Crippen LogP contribution in [0.1, 0.15) is 53.9 Å². The largest absolute Gasteiger partial charge is 0.330 e. The maximum atomic E-state index is 5.74. The van der Waals surface area contributed by atoms with Crippen molar-refractivity contribution in [2.75, 3.05) is 26.2 Å². The fraction of sp³-hybridized carbons (Fsp3) is 1.00. The standard InChI is InChI=1S/C14H32N2/c1-6-13(3)11-16(7-2)10-8-9-14(4,5)12-15/h13H,6-12,15H2,1-5H3. The zero-order valence-electron chi connectivity index (χ0n) is 12.1. The molecule has 0 saturated carbocycles. The first-order chi connectivity index (χ1) is 7.45. The number of nitrogens with zero attached hydrogens (tertiary/aromatic N) is 1. The van der Waals surface area contributed by atoms with Gasteiger partial charge in [-0.15, -0.1) is 0 Å². The van der Waals surface area contributed by atoms with Gasteiger partial charge in [0.05, 0.1) is 0 Å². The second kappa shape index (κ2) is 8.08. The summed E-state index contributed by atoms with van der Waals surface area (Å²) < 4.78 is 0. The molecule has 0 bridgehead atoms.